The molecule has 0 spiro atoms. The molecule has 21 heavy (non-hydrogen) atoms. The van der Waals surface area contributed by atoms with E-state index < -0.39 is 0 Å². The van der Waals surface area contributed by atoms with Crippen molar-refractivity contribution in [1.82, 2.24) is 0 Å². The van der Waals surface area contributed by atoms with Crippen LogP contribution >= 0.6 is 0 Å². The molecule has 0 atom stereocenters. The van der Waals surface area contributed by atoms with Gasteiger partial charge in [0.15, 0.2) is 0 Å². The van der Waals surface area contributed by atoms with E-state index in [1.807, 2.05) is 18.2 Å². The molecule has 0 saturated carbocycles. The minimum atomic E-state index is 0.160. The number of hydrogen-bond donors (Lipinski definition) is 2. The molecule has 104 valence electrons. The maximum absolute atomic E-state index is 9.59. The van der Waals surface area contributed by atoms with Gasteiger partial charge in [0, 0.05) is 28.8 Å². The van der Waals surface area contributed by atoms with Gasteiger partial charge in [-0.2, -0.15) is 0 Å². The summed E-state index contributed by atoms with van der Waals surface area (Å²) in [6.07, 6.45) is 3.48. The Morgan fingerprint density at radius 3 is 2.38 bits per heavy atom. The van der Waals surface area contributed by atoms with E-state index in [0.717, 1.165) is 22.3 Å². The Balaban J connectivity index is 1.96. The van der Waals surface area contributed by atoms with Crippen molar-refractivity contribution in [2.75, 3.05) is 6.61 Å². The lowest BCUT2D eigenvalue weighted by molar-refractivity contribution is 0.361. The fraction of sp³-hybridized carbons (Fsp3) is 0.0588. The predicted molar refractivity (Wildman–Crippen MR) is 78.3 cm³/mol. The van der Waals surface area contributed by atoms with Gasteiger partial charge in [0.25, 0.3) is 0 Å². The molecule has 0 aromatic heterocycles. The summed E-state index contributed by atoms with van der Waals surface area (Å²) >= 11 is 0. The summed E-state index contributed by atoms with van der Waals surface area (Å²) in [5.41, 5.74) is 3.80. The summed E-state index contributed by atoms with van der Waals surface area (Å²) in [6, 6.07) is 10.1. The minimum Gasteiger partial charge on any atom is -0.508 e. The first-order valence-electron chi connectivity index (χ1n) is 6.58. The second-order valence-electron chi connectivity index (χ2n) is 4.96. The van der Waals surface area contributed by atoms with Crippen LogP contribution in [0.2, 0.25) is 0 Å². The maximum atomic E-state index is 9.59. The van der Waals surface area contributed by atoms with Crippen LogP contribution in [0, 0.1) is 0 Å². The van der Waals surface area contributed by atoms with Crippen molar-refractivity contribution in [1.29, 1.82) is 0 Å². The van der Waals surface area contributed by atoms with E-state index in [1.54, 1.807) is 30.5 Å². The van der Waals surface area contributed by atoms with Crippen molar-refractivity contribution >= 4 is 11.1 Å². The first-order valence-corrected chi connectivity index (χ1v) is 6.58. The lowest BCUT2D eigenvalue weighted by Gasteiger charge is -2.22. The second-order valence-corrected chi connectivity index (χ2v) is 4.96. The number of allylic oxidation sites excluding steroid dienone is 2. The molecule has 2 aromatic carbocycles. The van der Waals surface area contributed by atoms with Crippen LogP contribution in [0.5, 0.6) is 23.0 Å². The third-order valence-electron chi connectivity index (χ3n) is 3.67. The molecule has 4 heteroatoms. The van der Waals surface area contributed by atoms with E-state index in [1.165, 1.54) is 0 Å². The van der Waals surface area contributed by atoms with Crippen molar-refractivity contribution in [2.45, 2.75) is 0 Å². The molecule has 0 fully saturated rings. The molecule has 0 aliphatic carbocycles. The first-order chi connectivity index (χ1) is 10.2. The minimum absolute atomic E-state index is 0.160. The Morgan fingerprint density at radius 2 is 1.57 bits per heavy atom. The monoisotopic (exact) mass is 280 g/mol. The fourth-order valence-electron chi connectivity index (χ4n) is 2.69. The van der Waals surface area contributed by atoms with Crippen LogP contribution in [0.25, 0.3) is 11.1 Å². The normalized spacial score (nSPS) is 15.2. The van der Waals surface area contributed by atoms with Crippen molar-refractivity contribution in [3.8, 4) is 23.0 Å². The zero-order valence-electron chi connectivity index (χ0n) is 11.0. The topological polar surface area (TPSA) is 58.9 Å². The first kappa shape index (κ1) is 11.9. The van der Waals surface area contributed by atoms with Crippen LogP contribution in [-0.2, 0) is 0 Å². The molecule has 2 N–H and O–H groups in total. The van der Waals surface area contributed by atoms with E-state index in [9.17, 15) is 10.2 Å². The number of aromatic hydroxyl groups is 2. The van der Waals surface area contributed by atoms with E-state index >= 15 is 0 Å². The Kier molecular flexibility index (Phi) is 2.44. The van der Waals surface area contributed by atoms with Gasteiger partial charge in [-0.25, -0.2) is 0 Å². The van der Waals surface area contributed by atoms with Crippen LogP contribution in [0.4, 0.5) is 0 Å². The van der Waals surface area contributed by atoms with E-state index in [4.69, 9.17) is 9.47 Å². The summed E-state index contributed by atoms with van der Waals surface area (Å²) in [4.78, 5) is 0. The molecule has 0 saturated heterocycles. The fourth-order valence-corrected chi connectivity index (χ4v) is 2.69. The van der Waals surface area contributed by atoms with Crippen LogP contribution < -0.4 is 9.47 Å². The predicted octanol–water partition coefficient (Wildman–Crippen LogP) is 3.31. The van der Waals surface area contributed by atoms with Gasteiger partial charge in [-0.3, -0.25) is 0 Å². The van der Waals surface area contributed by atoms with Gasteiger partial charge in [-0.15, -0.1) is 0 Å². The highest BCUT2D eigenvalue weighted by Gasteiger charge is 2.24. The van der Waals surface area contributed by atoms with Crippen molar-refractivity contribution in [3.05, 3.63) is 59.9 Å². The van der Waals surface area contributed by atoms with Gasteiger partial charge in [-0.1, -0.05) is 0 Å². The van der Waals surface area contributed by atoms with Gasteiger partial charge in [-0.05, 0) is 35.9 Å². The van der Waals surface area contributed by atoms with Crippen molar-refractivity contribution < 1.29 is 19.7 Å². The molecule has 0 amide bonds. The third-order valence-corrected chi connectivity index (χ3v) is 3.67. The lowest BCUT2D eigenvalue weighted by Crippen LogP contribution is -2.09. The number of phenolic OH excluding ortho intramolecular Hbond substituents is 2. The molecule has 0 bridgehead atoms. The summed E-state index contributed by atoms with van der Waals surface area (Å²) in [7, 11) is 0. The molecule has 2 heterocycles. The Hall–Kier alpha value is -2.88. The average molecular weight is 280 g/mol. The summed E-state index contributed by atoms with van der Waals surface area (Å²) < 4.78 is 11.3. The molecular formula is C17H12O4. The van der Waals surface area contributed by atoms with Crippen LogP contribution in [0.15, 0.2) is 48.7 Å². The molecular weight excluding hydrogens is 268 g/mol. The Bertz CT molecular complexity index is 802. The average Bonchev–Trinajstić information content (AvgIpc) is 2.65. The van der Waals surface area contributed by atoms with Crippen molar-refractivity contribution in [3.63, 3.8) is 0 Å². The van der Waals surface area contributed by atoms with Gasteiger partial charge < -0.3 is 19.7 Å². The van der Waals surface area contributed by atoms with Gasteiger partial charge in [0.05, 0.1) is 6.26 Å². The van der Waals surface area contributed by atoms with Gasteiger partial charge in [0.2, 0.25) is 0 Å². The zero-order valence-corrected chi connectivity index (χ0v) is 11.0. The number of phenols is 2. The molecule has 2 aliphatic rings. The molecule has 4 rings (SSSR count). The molecule has 2 aliphatic heterocycles. The maximum Gasteiger partial charge on any atom is 0.137 e. The smallest absolute Gasteiger partial charge is 0.137 e. The lowest BCUT2D eigenvalue weighted by atomic mass is 9.92. The highest BCUT2D eigenvalue weighted by Crippen LogP contribution is 2.43. The van der Waals surface area contributed by atoms with E-state index in [-0.39, 0.29) is 11.5 Å². The molecule has 0 unspecified atom stereocenters. The largest absolute Gasteiger partial charge is 0.508 e. The third kappa shape index (κ3) is 1.84. The summed E-state index contributed by atoms with van der Waals surface area (Å²) in [6.45, 7) is 0.386. The van der Waals surface area contributed by atoms with E-state index in [0.29, 0.717) is 18.1 Å². The van der Waals surface area contributed by atoms with Crippen molar-refractivity contribution in [2.24, 2.45) is 0 Å². The quantitative estimate of drug-likeness (QED) is 0.777. The second kappa shape index (κ2) is 4.31. The van der Waals surface area contributed by atoms with E-state index in [2.05, 4.69) is 0 Å². The molecule has 2 aromatic rings. The summed E-state index contributed by atoms with van der Waals surface area (Å²) in [5, 5.41) is 19.1. The van der Waals surface area contributed by atoms with Crippen LogP contribution in [0.1, 0.15) is 11.1 Å². The number of benzene rings is 2. The number of rotatable bonds is 0. The van der Waals surface area contributed by atoms with Crippen LogP contribution in [0.3, 0.4) is 0 Å². The Morgan fingerprint density at radius 1 is 0.857 bits per heavy atom. The number of ether oxygens (including phenoxy) is 2. The van der Waals surface area contributed by atoms with Crippen LogP contribution in [-0.4, -0.2) is 16.8 Å². The SMILES string of the molecule is Oc1ccc2c(c1)OCC1=C2C=COc2cc(O)ccc21. The highest BCUT2D eigenvalue weighted by atomic mass is 16.5. The number of fused-ring (bicyclic) bond motifs is 4. The zero-order chi connectivity index (χ0) is 14.4. The van der Waals surface area contributed by atoms with Gasteiger partial charge in [0.1, 0.15) is 29.6 Å². The standard InChI is InChI=1S/C17H12O4/c18-10-2-4-14-15-9-21-17-8-11(19)1-3-13(17)12(15)5-6-20-16(14)7-10/h1-8,18-19H,9H2. The molecule has 4 nitrogen and oxygen atoms in total. The Labute approximate surface area is 121 Å². The highest BCUT2D eigenvalue weighted by molar-refractivity contribution is 6.00. The summed E-state index contributed by atoms with van der Waals surface area (Å²) in [5.74, 6) is 1.59. The molecule has 0 radical (unpaired) electrons. The van der Waals surface area contributed by atoms with Gasteiger partial charge >= 0.3 is 0 Å². The number of hydrogen-bond acceptors (Lipinski definition) is 4.